The maximum absolute atomic E-state index is 9.86. The van der Waals surface area contributed by atoms with E-state index in [9.17, 15) is 5.11 Å². The van der Waals surface area contributed by atoms with E-state index in [-0.39, 0.29) is 6.10 Å². The van der Waals surface area contributed by atoms with E-state index >= 15 is 0 Å². The van der Waals surface area contributed by atoms with Gasteiger partial charge in [0.15, 0.2) is 0 Å². The molecule has 2 aliphatic rings. The van der Waals surface area contributed by atoms with E-state index < -0.39 is 0 Å². The number of rotatable bonds is 4. The lowest BCUT2D eigenvalue weighted by atomic mass is 9.85. The highest BCUT2D eigenvalue weighted by molar-refractivity contribution is 4.90. The van der Waals surface area contributed by atoms with Gasteiger partial charge in [0.1, 0.15) is 0 Å². The summed E-state index contributed by atoms with van der Waals surface area (Å²) < 4.78 is 0. The quantitative estimate of drug-likeness (QED) is 0.772. The van der Waals surface area contributed by atoms with Crippen LogP contribution in [-0.2, 0) is 0 Å². The van der Waals surface area contributed by atoms with Crippen LogP contribution in [0.4, 0.5) is 0 Å². The second kappa shape index (κ2) is 5.31. The molecule has 1 saturated heterocycles. The van der Waals surface area contributed by atoms with Gasteiger partial charge in [0.25, 0.3) is 0 Å². The van der Waals surface area contributed by atoms with E-state index in [1.165, 1.54) is 38.6 Å². The minimum absolute atomic E-state index is 0.0873. The van der Waals surface area contributed by atoms with E-state index in [2.05, 4.69) is 11.8 Å². The SMILES string of the molecule is CCCC(O)CN1CCC2CCCCC21. The number of aliphatic hydroxyl groups is 1. The van der Waals surface area contributed by atoms with Crippen LogP contribution in [-0.4, -0.2) is 35.2 Å². The Bertz CT molecular complexity index is 195. The molecule has 0 aromatic heterocycles. The third kappa shape index (κ3) is 2.73. The Morgan fingerprint density at radius 3 is 2.87 bits per heavy atom. The highest BCUT2D eigenvalue weighted by Crippen LogP contribution is 2.36. The first kappa shape index (κ1) is 11.4. The lowest BCUT2D eigenvalue weighted by molar-refractivity contribution is 0.0834. The molecule has 0 aromatic rings. The van der Waals surface area contributed by atoms with Crippen molar-refractivity contribution in [3.8, 4) is 0 Å². The maximum atomic E-state index is 9.86. The summed E-state index contributed by atoms with van der Waals surface area (Å²) in [5, 5.41) is 9.86. The van der Waals surface area contributed by atoms with Gasteiger partial charge in [-0.15, -0.1) is 0 Å². The molecule has 1 aliphatic carbocycles. The molecule has 1 N–H and O–H groups in total. The number of aliphatic hydroxyl groups excluding tert-OH is 1. The van der Waals surface area contributed by atoms with E-state index in [0.29, 0.717) is 0 Å². The van der Waals surface area contributed by atoms with Crippen molar-refractivity contribution in [2.75, 3.05) is 13.1 Å². The Morgan fingerprint density at radius 2 is 2.07 bits per heavy atom. The van der Waals surface area contributed by atoms with Gasteiger partial charge in [-0.1, -0.05) is 26.2 Å². The molecule has 88 valence electrons. The third-order valence-corrected chi connectivity index (χ3v) is 4.19. The molecule has 1 saturated carbocycles. The molecule has 3 unspecified atom stereocenters. The average molecular weight is 211 g/mol. The monoisotopic (exact) mass is 211 g/mol. The lowest BCUT2D eigenvalue weighted by Gasteiger charge is -2.32. The molecule has 0 radical (unpaired) electrons. The van der Waals surface area contributed by atoms with E-state index in [1.54, 1.807) is 0 Å². The van der Waals surface area contributed by atoms with Crippen molar-refractivity contribution < 1.29 is 5.11 Å². The van der Waals surface area contributed by atoms with Crippen LogP contribution in [0.25, 0.3) is 0 Å². The first-order valence-corrected chi connectivity index (χ1v) is 6.73. The van der Waals surface area contributed by atoms with Gasteiger partial charge in [0.2, 0.25) is 0 Å². The molecule has 1 heterocycles. The van der Waals surface area contributed by atoms with Crippen molar-refractivity contribution >= 4 is 0 Å². The molecule has 1 aliphatic heterocycles. The molecular formula is C13H25NO. The summed E-state index contributed by atoms with van der Waals surface area (Å²) in [6.45, 7) is 4.31. The molecule has 15 heavy (non-hydrogen) atoms. The van der Waals surface area contributed by atoms with Crippen molar-refractivity contribution in [2.45, 2.75) is 64.0 Å². The van der Waals surface area contributed by atoms with Gasteiger partial charge in [-0.25, -0.2) is 0 Å². The van der Waals surface area contributed by atoms with Crippen molar-refractivity contribution in [2.24, 2.45) is 5.92 Å². The third-order valence-electron chi connectivity index (χ3n) is 4.19. The highest BCUT2D eigenvalue weighted by atomic mass is 16.3. The van der Waals surface area contributed by atoms with Gasteiger partial charge in [-0.3, -0.25) is 4.90 Å². The largest absolute Gasteiger partial charge is 0.392 e. The second-order valence-corrected chi connectivity index (χ2v) is 5.34. The predicted molar refractivity (Wildman–Crippen MR) is 62.9 cm³/mol. The first-order chi connectivity index (χ1) is 7.31. The Hall–Kier alpha value is -0.0800. The smallest absolute Gasteiger partial charge is 0.0667 e. The zero-order valence-corrected chi connectivity index (χ0v) is 9.99. The van der Waals surface area contributed by atoms with E-state index in [1.807, 2.05) is 0 Å². The van der Waals surface area contributed by atoms with Gasteiger partial charge in [0, 0.05) is 12.6 Å². The maximum Gasteiger partial charge on any atom is 0.0667 e. The molecule has 2 fully saturated rings. The fourth-order valence-corrected chi connectivity index (χ4v) is 3.42. The van der Waals surface area contributed by atoms with Crippen molar-refractivity contribution in [1.82, 2.24) is 4.90 Å². The summed E-state index contributed by atoms with van der Waals surface area (Å²) in [6.07, 6.45) is 9.01. The van der Waals surface area contributed by atoms with Crippen LogP contribution in [0.1, 0.15) is 51.9 Å². The highest BCUT2D eigenvalue weighted by Gasteiger charge is 2.35. The fourth-order valence-electron chi connectivity index (χ4n) is 3.42. The normalized spacial score (nSPS) is 34.0. The van der Waals surface area contributed by atoms with Crippen LogP contribution in [0.3, 0.4) is 0 Å². The lowest BCUT2D eigenvalue weighted by Crippen LogP contribution is -2.39. The second-order valence-electron chi connectivity index (χ2n) is 5.34. The number of β-amino-alcohol motifs (C(OH)–C–C–N with tert-alkyl or cyclic N) is 1. The molecule has 2 nitrogen and oxygen atoms in total. The molecule has 0 spiro atoms. The summed E-state index contributed by atoms with van der Waals surface area (Å²) in [4.78, 5) is 2.56. The Morgan fingerprint density at radius 1 is 1.27 bits per heavy atom. The average Bonchev–Trinajstić information content (AvgIpc) is 2.62. The number of hydrogen-bond donors (Lipinski definition) is 1. The van der Waals surface area contributed by atoms with Gasteiger partial charge in [0.05, 0.1) is 6.10 Å². The van der Waals surface area contributed by atoms with E-state index in [0.717, 1.165) is 31.3 Å². The standard InChI is InChI=1S/C13H25NO/c1-2-5-12(15)10-14-9-8-11-6-3-4-7-13(11)14/h11-13,15H,2-10H2,1H3. The van der Waals surface area contributed by atoms with Crippen LogP contribution in [0.5, 0.6) is 0 Å². The molecule has 0 amide bonds. The predicted octanol–water partition coefficient (Wildman–Crippen LogP) is 2.41. The van der Waals surface area contributed by atoms with E-state index in [4.69, 9.17) is 0 Å². The Kier molecular flexibility index (Phi) is 4.04. The number of hydrogen-bond acceptors (Lipinski definition) is 2. The molecule has 0 bridgehead atoms. The Labute approximate surface area is 93.7 Å². The molecule has 2 rings (SSSR count). The molecular weight excluding hydrogens is 186 g/mol. The summed E-state index contributed by atoms with van der Waals surface area (Å²) in [5.41, 5.74) is 0. The molecule has 3 atom stereocenters. The van der Waals surface area contributed by atoms with Crippen LogP contribution < -0.4 is 0 Å². The minimum Gasteiger partial charge on any atom is -0.392 e. The van der Waals surface area contributed by atoms with Crippen molar-refractivity contribution in [3.05, 3.63) is 0 Å². The minimum atomic E-state index is -0.0873. The van der Waals surface area contributed by atoms with Crippen LogP contribution in [0, 0.1) is 5.92 Å². The number of fused-ring (bicyclic) bond motifs is 1. The Balaban J connectivity index is 1.82. The van der Waals surface area contributed by atoms with Gasteiger partial charge >= 0.3 is 0 Å². The van der Waals surface area contributed by atoms with Gasteiger partial charge in [-0.2, -0.15) is 0 Å². The summed E-state index contributed by atoms with van der Waals surface area (Å²) in [6, 6.07) is 0.810. The van der Waals surface area contributed by atoms with Crippen LogP contribution in [0.15, 0.2) is 0 Å². The number of likely N-dealkylation sites (tertiary alicyclic amines) is 1. The van der Waals surface area contributed by atoms with Crippen molar-refractivity contribution in [1.29, 1.82) is 0 Å². The number of nitrogens with zero attached hydrogens (tertiary/aromatic N) is 1. The fraction of sp³-hybridized carbons (Fsp3) is 1.00. The summed E-state index contributed by atoms with van der Waals surface area (Å²) in [7, 11) is 0. The zero-order chi connectivity index (χ0) is 10.7. The molecule has 2 heteroatoms. The van der Waals surface area contributed by atoms with Gasteiger partial charge in [-0.05, 0) is 38.1 Å². The van der Waals surface area contributed by atoms with Crippen LogP contribution >= 0.6 is 0 Å². The van der Waals surface area contributed by atoms with Crippen molar-refractivity contribution in [3.63, 3.8) is 0 Å². The summed E-state index contributed by atoms with van der Waals surface area (Å²) >= 11 is 0. The first-order valence-electron chi connectivity index (χ1n) is 6.73. The van der Waals surface area contributed by atoms with Gasteiger partial charge < -0.3 is 5.11 Å². The topological polar surface area (TPSA) is 23.5 Å². The van der Waals surface area contributed by atoms with Crippen LogP contribution in [0.2, 0.25) is 0 Å². The molecule has 0 aromatic carbocycles. The summed E-state index contributed by atoms with van der Waals surface area (Å²) in [5.74, 6) is 0.951. The zero-order valence-electron chi connectivity index (χ0n) is 9.99.